The van der Waals surface area contributed by atoms with E-state index in [0.717, 1.165) is 0 Å². The van der Waals surface area contributed by atoms with E-state index in [9.17, 15) is 8.78 Å². The lowest BCUT2D eigenvalue weighted by Gasteiger charge is -2.08. The molecule has 2 aromatic rings. The maximum absolute atomic E-state index is 13.5. The third-order valence-electron chi connectivity index (χ3n) is 2.29. The zero-order chi connectivity index (χ0) is 13.1. The lowest BCUT2D eigenvalue weighted by atomic mass is 10.2. The molecule has 0 aromatic heterocycles. The average molecular weight is 378 g/mol. The predicted octanol–water partition coefficient (Wildman–Crippen LogP) is 5.07. The normalized spacial score (nSPS) is 10.4. The van der Waals surface area contributed by atoms with E-state index in [-0.39, 0.29) is 18.2 Å². The number of benzene rings is 2. The van der Waals surface area contributed by atoms with Gasteiger partial charge in [-0.3, -0.25) is 0 Å². The molecule has 0 N–H and O–H groups in total. The molecule has 2 aromatic carbocycles. The fourth-order valence-electron chi connectivity index (χ4n) is 1.38. The van der Waals surface area contributed by atoms with Gasteiger partial charge in [0.15, 0.2) is 11.6 Å². The molecule has 94 valence electrons. The molecule has 0 bridgehead atoms. The van der Waals surface area contributed by atoms with Crippen LogP contribution in [0, 0.1) is 11.6 Å². The van der Waals surface area contributed by atoms with Crippen molar-refractivity contribution in [3.63, 3.8) is 0 Å². The van der Waals surface area contributed by atoms with Crippen LogP contribution in [0.2, 0.25) is 0 Å². The molecule has 5 heteroatoms. The summed E-state index contributed by atoms with van der Waals surface area (Å²) < 4.78 is 33.5. The molecular formula is C13H8Br2F2O. The first-order valence-electron chi connectivity index (χ1n) is 5.08. The van der Waals surface area contributed by atoms with Crippen molar-refractivity contribution in [1.82, 2.24) is 0 Å². The summed E-state index contributed by atoms with van der Waals surface area (Å²) in [5, 5.41) is 0. The fourth-order valence-corrected chi connectivity index (χ4v) is 2.06. The summed E-state index contributed by atoms with van der Waals surface area (Å²) in [4.78, 5) is 0. The van der Waals surface area contributed by atoms with Crippen molar-refractivity contribution in [3.05, 3.63) is 62.5 Å². The molecule has 0 aliphatic carbocycles. The van der Waals surface area contributed by atoms with Crippen LogP contribution < -0.4 is 4.74 Å². The van der Waals surface area contributed by atoms with Crippen LogP contribution in [0.4, 0.5) is 8.78 Å². The van der Waals surface area contributed by atoms with Gasteiger partial charge in [-0.05, 0) is 30.3 Å². The number of halogens is 4. The lowest BCUT2D eigenvalue weighted by Crippen LogP contribution is -2.00. The maximum atomic E-state index is 13.5. The second kappa shape index (κ2) is 5.80. The van der Waals surface area contributed by atoms with Crippen molar-refractivity contribution in [2.24, 2.45) is 0 Å². The van der Waals surface area contributed by atoms with Crippen LogP contribution in [0.3, 0.4) is 0 Å². The summed E-state index contributed by atoms with van der Waals surface area (Å²) in [6.07, 6.45) is 0. The largest absolute Gasteiger partial charge is 0.486 e. The van der Waals surface area contributed by atoms with Crippen LogP contribution >= 0.6 is 31.9 Å². The highest BCUT2D eigenvalue weighted by molar-refractivity contribution is 9.10. The monoisotopic (exact) mass is 376 g/mol. The minimum absolute atomic E-state index is 0.0213. The van der Waals surface area contributed by atoms with Gasteiger partial charge in [0.05, 0.1) is 0 Å². The van der Waals surface area contributed by atoms with E-state index in [1.807, 2.05) is 0 Å². The maximum Gasteiger partial charge on any atom is 0.165 e. The highest BCUT2D eigenvalue weighted by Crippen LogP contribution is 2.24. The minimum atomic E-state index is -0.476. The van der Waals surface area contributed by atoms with Crippen molar-refractivity contribution in [2.75, 3.05) is 0 Å². The second-order valence-electron chi connectivity index (χ2n) is 3.60. The molecule has 0 aliphatic rings. The van der Waals surface area contributed by atoms with Crippen LogP contribution in [0.1, 0.15) is 5.56 Å². The van der Waals surface area contributed by atoms with Gasteiger partial charge in [0.2, 0.25) is 0 Å². The molecule has 0 unspecified atom stereocenters. The molecule has 0 radical (unpaired) electrons. The van der Waals surface area contributed by atoms with Crippen molar-refractivity contribution < 1.29 is 13.5 Å². The van der Waals surface area contributed by atoms with Crippen molar-refractivity contribution >= 4 is 31.9 Å². The topological polar surface area (TPSA) is 9.23 Å². The van der Waals surface area contributed by atoms with Crippen LogP contribution in [0.25, 0.3) is 0 Å². The summed E-state index contributed by atoms with van der Waals surface area (Å²) in [6, 6.07) is 9.01. The van der Waals surface area contributed by atoms with E-state index in [0.29, 0.717) is 14.5 Å². The Bertz CT molecular complexity index is 573. The number of rotatable bonds is 3. The second-order valence-corrected chi connectivity index (χ2v) is 5.43. The Kier molecular flexibility index (Phi) is 4.35. The zero-order valence-electron chi connectivity index (χ0n) is 9.09. The van der Waals surface area contributed by atoms with E-state index in [4.69, 9.17) is 4.74 Å². The zero-order valence-corrected chi connectivity index (χ0v) is 12.3. The molecule has 0 amide bonds. The van der Waals surface area contributed by atoms with Gasteiger partial charge in [0.25, 0.3) is 0 Å². The number of hydrogen-bond acceptors (Lipinski definition) is 1. The number of ether oxygens (including phenoxy) is 1. The summed E-state index contributed by atoms with van der Waals surface area (Å²) in [6.45, 7) is -0.0213. The van der Waals surface area contributed by atoms with Crippen molar-refractivity contribution in [1.29, 1.82) is 0 Å². The van der Waals surface area contributed by atoms with Crippen LogP contribution in [-0.2, 0) is 6.61 Å². The third kappa shape index (κ3) is 3.29. The smallest absolute Gasteiger partial charge is 0.165 e. The summed E-state index contributed by atoms with van der Waals surface area (Å²) in [7, 11) is 0. The Balaban J connectivity index is 2.13. The lowest BCUT2D eigenvalue weighted by molar-refractivity contribution is 0.284. The van der Waals surface area contributed by atoms with E-state index in [2.05, 4.69) is 31.9 Å². The SMILES string of the molecule is Fc1cc(Br)ccc1COc1cc(Br)ccc1F. The molecule has 18 heavy (non-hydrogen) atoms. The molecule has 0 atom stereocenters. The van der Waals surface area contributed by atoms with Crippen molar-refractivity contribution in [3.8, 4) is 5.75 Å². The van der Waals surface area contributed by atoms with Crippen molar-refractivity contribution in [2.45, 2.75) is 6.61 Å². The Morgan fingerprint density at radius 1 is 0.889 bits per heavy atom. The van der Waals surface area contributed by atoms with Gasteiger partial charge >= 0.3 is 0 Å². The van der Waals surface area contributed by atoms with Gasteiger partial charge in [-0.2, -0.15) is 0 Å². The van der Waals surface area contributed by atoms with Crippen LogP contribution in [0.15, 0.2) is 45.3 Å². The standard InChI is InChI=1S/C13H8Br2F2O/c14-9-2-1-8(12(17)5-9)7-18-13-6-10(15)3-4-11(13)16/h1-6H,7H2. The molecule has 0 spiro atoms. The first kappa shape index (κ1) is 13.5. The average Bonchev–Trinajstić information content (AvgIpc) is 2.32. The molecular weight excluding hydrogens is 370 g/mol. The Morgan fingerprint density at radius 2 is 1.56 bits per heavy atom. The first-order chi connectivity index (χ1) is 8.56. The Labute approximate surface area is 120 Å². The summed E-state index contributed by atoms with van der Waals surface area (Å²) in [5.41, 5.74) is 0.373. The highest BCUT2D eigenvalue weighted by atomic mass is 79.9. The summed E-state index contributed by atoms with van der Waals surface area (Å²) in [5.74, 6) is -0.776. The Hall–Kier alpha value is -0.940. The first-order valence-corrected chi connectivity index (χ1v) is 6.66. The van der Waals surface area contributed by atoms with E-state index in [1.54, 1.807) is 18.2 Å². The van der Waals surface area contributed by atoms with Gasteiger partial charge in [0, 0.05) is 14.5 Å². The Morgan fingerprint density at radius 3 is 2.28 bits per heavy atom. The highest BCUT2D eigenvalue weighted by Gasteiger charge is 2.07. The van der Waals surface area contributed by atoms with Gasteiger partial charge in [0.1, 0.15) is 12.4 Å². The van der Waals surface area contributed by atoms with Crippen LogP contribution in [-0.4, -0.2) is 0 Å². The number of hydrogen-bond donors (Lipinski definition) is 0. The van der Waals surface area contributed by atoms with Crippen LogP contribution in [0.5, 0.6) is 5.75 Å². The third-order valence-corrected chi connectivity index (χ3v) is 3.28. The molecule has 0 aliphatic heterocycles. The molecule has 0 fully saturated rings. The fraction of sp³-hybridized carbons (Fsp3) is 0.0769. The molecule has 2 rings (SSSR count). The van der Waals surface area contributed by atoms with Gasteiger partial charge in [-0.25, -0.2) is 8.78 Å². The minimum Gasteiger partial charge on any atom is -0.486 e. The molecule has 0 saturated heterocycles. The molecule has 0 heterocycles. The van der Waals surface area contributed by atoms with Gasteiger partial charge < -0.3 is 4.74 Å². The van der Waals surface area contributed by atoms with Gasteiger partial charge in [-0.1, -0.05) is 37.9 Å². The predicted molar refractivity (Wildman–Crippen MR) is 72.5 cm³/mol. The quantitative estimate of drug-likeness (QED) is 0.725. The van der Waals surface area contributed by atoms with E-state index in [1.165, 1.54) is 18.2 Å². The summed E-state index contributed by atoms with van der Waals surface area (Å²) >= 11 is 6.39. The van der Waals surface area contributed by atoms with E-state index < -0.39 is 5.82 Å². The van der Waals surface area contributed by atoms with E-state index >= 15 is 0 Å². The van der Waals surface area contributed by atoms with Gasteiger partial charge in [-0.15, -0.1) is 0 Å². The molecule has 1 nitrogen and oxygen atoms in total. The molecule has 0 saturated carbocycles.